The lowest BCUT2D eigenvalue weighted by atomic mass is 10.0. The minimum Gasteiger partial charge on any atom is -0.398 e. The molecule has 4 N–H and O–H groups in total. The van der Waals surface area contributed by atoms with Crippen LogP contribution in [0.3, 0.4) is 0 Å². The molecule has 66 valence electrons. The van der Waals surface area contributed by atoms with Crippen molar-refractivity contribution < 1.29 is 0 Å². The summed E-state index contributed by atoms with van der Waals surface area (Å²) in [5, 5.41) is 0. The Kier molecular flexibility index (Phi) is 3.00. The Balaban J connectivity index is 2.96. The quantitative estimate of drug-likeness (QED) is 0.481. The third-order valence-electron chi connectivity index (χ3n) is 1.98. The molecular weight excluding hydrogens is 168 g/mol. The molecule has 0 spiro atoms. The van der Waals surface area contributed by atoms with Gasteiger partial charge in [-0.15, -0.1) is 12.6 Å². The van der Waals surface area contributed by atoms with Gasteiger partial charge in [-0.05, 0) is 30.2 Å². The number of nitrogen functional groups attached to an aromatic ring is 1. The van der Waals surface area contributed by atoms with Crippen molar-refractivity contribution in [3.63, 3.8) is 0 Å². The summed E-state index contributed by atoms with van der Waals surface area (Å²) >= 11 is 4.24. The summed E-state index contributed by atoms with van der Waals surface area (Å²) in [4.78, 5) is 0.827. The second-order valence-electron chi connectivity index (χ2n) is 2.96. The van der Waals surface area contributed by atoms with Gasteiger partial charge in [-0.2, -0.15) is 0 Å². The first-order valence-corrected chi connectivity index (χ1v) is 4.38. The number of anilines is 1. The van der Waals surface area contributed by atoms with Gasteiger partial charge in [0.1, 0.15) is 0 Å². The molecule has 0 bridgehead atoms. The molecule has 0 amide bonds. The van der Waals surface area contributed by atoms with E-state index < -0.39 is 0 Å². The van der Waals surface area contributed by atoms with Crippen molar-refractivity contribution in [2.24, 2.45) is 5.73 Å². The fraction of sp³-hybridized carbons (Fsp3) is 0.333. The normalized spacial score (nSPS) is 12.9. The molecule has 0 aliphatic carbocycles. The van der Waals surface area contributed by atoms with Gasteiger partial charge in [0.2, 0.25) is 0 Å². The lowest BCUT2D eigenvalue weighted by Gasteiger charge is -2.09. The first kappa shape index (κ1) is 9.42. The Hall–Kier alpha value is -0.670. The van der Waals surface area contributed by atoms with Gasteiger partial charge in [0.05, 0.1) is 0 Å². The van der Waals surface area contributed by atoms with Crippen LogP contribution in [-0.2, 0) is 0 Å². The molecule has 3 heteroatoms. The Bertz CT molecular complexity index is 273. The van der Waals surface area contributed by atoms with Crippen molar-refractivity contribution in [1.29, 1.82) is 0 Å². The average Bonchev–Trinajstić information content (AvgIpc) is 2.08. The molecule has 0 aromatic heterocycles. The Morgan fingerprint density at radius 1 is 1.50 bits per heavy atom. The second kappa shape index (κ2) is 3.83. The Morgan fingerprint density at radius 3 is 2.67 bits per heavy atom. The van der Waals surface area contributed by atoms with Crippen LogP contribution in [0.1, 0.15) is 18.4 Å². The summed E-state index contributed by atoms with van der Waals surface area (Å²) in [5.41, 5.74) is 13.1. The second-order valence-corrected chi connectivity index (χ2v) is 3.44. The maximum atomic E-state index is 5.62. The summed E-state index contributed by atoms with van der Waals surface area (Å²) in [7, 11) is 0. The molecule has 2 nitrogen and oxygen atoms in total. The van der Waals surface area contributed by atoms with E-state index in [0.717, 1.165) is 4.90 Å². The van der Waals surface area contributed by atoms with Crippen LogP contribution < -0.4 is 11.5 Å². The van der Waals surface area contributed by atoms with Crippen LogP contribution in [-0.4, -0.2) is 6.54 Å². The molecule has 1 aromatic rings. The van der Waals surface area contributed by atoms with Crippen molar-refractivity contribution in [2.75, 3.05) is 12.3 Å². The predicted molar refractivity (Wildman–Crippen MR) is 55.6 cm³/mol. The van der Waals surface area contributed by atoms with E-state index in [0.29, 0.717) is 18.2 Å². The molecule has 0 heterocycles. The number of hydrogen-bond acceptors (Lipinski definition) is 3. The van der Waals surface area contributed by atoms with Gasteiger partial charge < -0.3 is 11.5 Å². The van der Waals surface area contributed by atoms with Gasteiger partial charge in [0, 0.05) is 10.6 Å². The highest BCUT2D eigenvalue weighted by Crippen LogP contribution is 2.22. The smallest absolute Gasteiger partial charge is 0.0449 e. The lowest BCUT2D eigenvalue weighted by molar-refractivity contribution is 0.772. The van der Waals surface area contributed by atoms with Crippen LogP contribution in [0.4, 0.5) is 5.69 Å². The van der Waals surface area contributed by atoms with Crippen molar-refractivity contribution >= 4 is 18.3 Å². The Morgan fingerprint density at radius 2 is 2.17 bits per heavy atom. The molecule has 1 atom stereocenters. The van der Waals surface area contributed by atoms with E-state index >= 15 is 0 Å². The number of rotatable bonds is 2. The summed E-state index contributed by atoms with van der Waals surface area (Å²) in [6.07, 6.45) is 0. The zero-order chi connectivity index (χ0) is 9.14. The van der Waals surface area contributed by atoms with Crippen molar-refractivity contribution in [2.45, 2.75) is 17.7 Å². The average molecular weight is 182 g/mol. The van der Waals surface area contributed by atoms with Crippen LogP contribution in [0.5, 0.6) is 0 Å². The SMILES string of the molecule is CC(CN)c1ccc(N)c(S)c1. The molecule has 0 aliphatic heterocycles. The third kappa shape index (κ3) is 1.93. The first-order chi connectivity index (χ1) is 5.65. The fourth-order valence-electron chi connectivity index (χ4n) is 1.00. The van der Waals surface area contributed by atoms with E-state index in [1.807, 2.05) is 18.2 Å². The topological polar surface area (TPSA) is 52.0 Å². The molecule has 0 saturated carbocycles. The monoisotopic (exact) mass is 182 g/mol. The standard InChI is InChI=1S/C9H14N2S/c1-6(5-10)7-2-3-8(11)9(12)4-7/h2-4,6,12H,5,10-11H2,1H3. The van der Waals surface area contributed by atoms with Crippen molar-refractivity contribution in [3.05, 3.63) is 23.8 Å². The third-order valence-corrected chi connectivity index (χ3v) is 2.36. The summed E-state index contributed by atoms with van der Waals surface area (Å²) in [6, 6.07) is 5.83. The van der Waals surface area contributed by atoms with Crippen LogP contribution >= 0.6 is 12.6 Å². The minimum atomic E-state index is 0.372. The van der Waals surface area contributed by atoms with Gasteiger partial charge >= 0.3 is 0 Å². The zero-order valence-electron chi connectivity index (χ0n) is 7.12. The summed E-state index contributed by atoms with van der Waals surface area (Å²) in [6.45, 7) is 2.73. The molecule has 1 rings (SSSR count). The van der Waals surface area contributed by atoms with E-state index in [-0.39, 0.29) is 0 Å². The summed E-state index contributed by atoms with van der Waals surface area (Å²) in [5.74, 6) is 0.372. The number of hydrogen-bond donors (Lipinski definition) is 3. The number of benzene rings is 1. The first-order valence-electron chi connectivity index (χ1n) is 3.93. The fourth-order valence-corrected chi connectivity index (χ4v) is 1.23. The number of thiol groups is 1. The maximum absolute atomic E-state index is 5.62. The lowest BCUT2D eigenvalue weighted by Crippen LogP contribution is -2.08. The van der Waals surface area contributed by atoms with E-state index in [1.165, 1.54) is 5.56 Å². The van der Waals surface area contributed by atoms with Gasteiger partial charge in [0.15, 0.2) is 0 Å². The Labute approximate surface area is 78.4 Å². The molecule has 12 heavy (non-hydrogen) atoms. The predicted octanol–water partition coefficient (Wildman–Crippen LogP) is 1.62. The van der Waals surface area contributed by atoms with E-state index in [2.05, 4.69) is 19.6 Å². The highest BCUT2D eigenvalue weighted by atomic mass is 32.1. The van der Waals surface area contributed by atoms with E-state index in [4.69, 9.17) is 11.5 Å². The van der Waals surface area contributed by atoms with Crippen LogP contribution in [0.2, 0.25) is 0 Å². The van der Waals surface area contributed by atoms with E-state index in [9.17, 15) is 0 Å². The highest BCUT2D eigenvalue weighted by molar-refractivity contribution is 7.80. The molecule has 0 radical (unpaired) electrons. The van der Waals surface area contributed by atoms with Gasteiger partial charge in [-0.1, -0.05) is 13.0 Å². The van der Waals surface area contributed by atoms with Gasteiger partial charge in [0.25, 0.3) is 0 Å². The zero-order valence-corrected chi connectivity index (χ0v) is 8.01. The van der Waals surface area contributed by atoms with Crippen molar-refractivity contribution in [3.8, 4) is 0 Å². The summed E-state index contributed by atoms with van der Waals surface area (Å²) < 4.78 is 0. The molecular formula is C9H14N2S. The van der Waals surface area contributed by atoms with Gasteiger partial charge in [-0.25, -0.2) is 0 Å². The molecule has 1 aromatic carbocycles. The highest BCUT2D eigenvalue weighted by Gasteiger charge is 2.03. The van der Waals surface area contributed by atoms with Crippen LogP contribution in [0.15, 0.2) is 23.1 Å². The number of nitrogens with two attached hydrogens (primary N) is 2. The molecule has 1 unspecified atom stereocenters. The molecule has 0 saturated heterocycles. The van der Waals surface area contributed by atoms with Crippen molar-refractivity contribution in [1.82, 2.24) is 0 Å². The molecule has 0 aliphatic rings. The molecule has 0 fully saturated rings. The van der Waals surface area contributed by atoms with Gasteiger partial charge in [-0.3, -0.25) is 0 Å². The maximum Gasteiger partial charge on any atom is 0.0449 e. The minimum absolute atomic E-state index is 0.372. The van der Waals surface area contributed by atoms with E-state index in [1.54, 1.807) is 0 Å². The van der Waals surface area contributed by atoms with Crippen LogP contribution in [0.25, 0.3) is 0 Å². The largest absolute Gasteiger partial charge is 0.398 e. The van der Waals surface area contributed by atoms with Crippen LogP contribution in [0, 0.1) is 0 Å².